The van der Waals surface area contributed by atoms with E-state index < -0.39 is 17.5 Å². The van der Waals surface area contributed by atoms with E-state index in [1.165, 1.54) is 0 Å². The number of methoxy groups -OCH3 is 2. The van der Waals surface area contributed by atoms with Gasteiger partial charge in [-0.15, -0.1) is 0 Å². The highest BCUT2D eigenvalue weighted by Gasteiger charge is 2.20. The molecule has 3 aromatic rings. The minimum atomic E-state index is -1.16. The van der Waals surface area contributed by atoms with Crippen molar-refractivity contribution < 1.29 is 27.4 Å². The quantitative estimate of drug-likeness (QED) is 0.665. The van der Waals surface area contributed by atoms with Gasteiger partial charge in [-0.2, -0.15) is 0 Å². The summed E-state index contributed by atoms with van der Waals surface area (Å²) in [6.45, 7) is 0.575. The molecule has 7 heteroatoms. The van der Waals surface area contributed by atoms with Crippen molar-refractivity contribution in [2.45, 2.75) is 12.5 Å². The molecule has 2 N–H and O–H groups in total. The molecule has 0 fully saturated rings. The second-order valence-corrected chi connectivity index (χ2v) is 6.30. The first-order valence-electron chi connectivity index (χ1n) is 8.59. The highest BCUT2D eigenvalue weighted by Crippen LogP contribution is 2.38. The SMILES string of the molecule is COc1cc2ccc3c(c2cc1OC)CC(N)CO3.Fc1ccc(F)c(F)c1. The van der Waals surface area contributed by atoms with E-state index >= 15 is 0 Å². The zero-order valence-corrected chi connectivity index (χ0v) is 15.5. The van der Waals surface area contributed by atoms with Crippen molar-refractivity contribution in [2.75, 3.05) is 20.8 Å². The number of hydrogen-bond donors (Lipinski definition) is 1. The smallest absolute Gasteiger partial charge is 0.161 e. The molecule has 0 saturated heterocycles. The number of ether oxygens (including phenoxy) is 3. The van der Waals surface area contributed by atoms with Gasteiger partial charge in [0.15, 0.2) is 23.1 Å². The predicted molar refractivity (Wildman–Crippen MR) is 101 cm³/mol. The summed E-state index contributed by atoms with van der Waals surface area (Å²) in [6, 6.07) is 10.1. The van der Waals surface area contributed by atoms with Crippen molar-refractivity contribution in [2.24, 2.45) is 5.73 Å². The van der Waals surface area contributed by atoms with Crippen molar-refractivity contribution in [1.82, 2.24) is 0 Å². The normalized spacial score (nSPS) is 15.1. The Morgan fingerprint density at radius 2 is 1.64 bits per heavy atom. The van der Waals surface area contributed by atoms with Crippen LogP contribution < -0.4 is 19.9 Å². The fraction of sp³-hybridized carbons (Fsp3) is 0.238. The van der Waals surface area contributed by atoms with Gasteiger partial charge in [0.05, 0.1) is 14.2 Å². The van der Waals surface area contributed by atoms with Crippen LogP contribution in [0, 0.1) is 17.5 Å². The minimum Gasteiger partial charge on any atom is -0.493 e. The zero-order valence-electron chi connectivity index (χ0n) is 15.5. The van der Waals surface area contributed by atoms with Crippen molar-refractivity contribution >= 4 is 10.8 Å². The number of benzene rings is 3. The van der Waals surface area contributed by atoms with Crippen molar-refractivity contribution in [3.8, 4) is 17.2 Å². The fourth-order valence-electron chi connectivity index (χ4n) is 3.03. The van der Waals surface area contributed by atoms with Gasteiger partial charge in [0.25, 0.3) is 0 Å². The molecular formula is C21H20F3NO3. The number of nitrogens with two attached hydrogens (primary N) is 1. The third kappa shape index (κ3) is 4.14. The molecule has 0 aliphatic carbocycles. The Morgan fingerprint density at radius 3 is 2.29 bits per heavy atom. The second-order valence-electron chi connectivity index (χ2n) is 6.30. The molecule has 148 valence electrons. The van der Waals surface area contributed by atoms with E-state index in [0.717, 1.165) is 52.1 Å². The maximum Gasteiger partial charge on any atom is 0.161 e. The maximum atomic E-state index is 12.0. The van der Waals surface area contributed by atoms with Gasteiger partial charge in [-0.1, -0.05) is 6.07 Å². The first-order chi connectivity index (χ1) is 13.4. The van der Waals surface area contributed by atoms with Crippen LogP contribution >= 0.6 is 0 Å². The number of rotatable bonds is 2. The largest absolute Gasteiger partial charge is 0.493 e. The Labute approximate surface area is 160 Å². The first-order valence-corrected chi connectivity index (χ1v) is 8.59. The van der Waals surface area contributed by atoms with Crippen LogP contribution in [0.4, 0.5) is 13.2 Å². The van der Waals surface area contributed by atoms with Crippen LogP contribution in [0.15, 0.2) is 42.5 Å². The lowest BCUT2D eigenvalue weighted by atomic mass is 9.96. The Morgan fingerprint density at radius 1 is 0.929 bits per heavy atom. The summed E-state index contributed by atoms with van der Waals surface area (Å²) in [6.07, 6.45) is 0.822. The molecule has 1 atom stereocenters. The van der Waals surface area contributed by atoms with E-state index in [9.17, 15) is 13.2 Å². The lowest BCUT2D eigenvalue weighted by molar-refractivity contribution is 0.264. The fourth-order valence-corrected chi connectivity index (χ4v) is 3.03. The molecule has 4 rings (SSSR count). The van der Waals surface area contributed by atoms with Gasteiger partial charge in [-0.3, -0.25) is 0 Å². The molecule has 1 aliphatic heterocycles. The molecule has 3 aromatic carbocycles. The summed E-state index contributed by atoms with van der Waals surface area (Å²) in [5.74, 6) is -0.583. The summed E-state index contributed by atoms with van der Waals surface area (Å²) in [5.41, 5.74) is 7.14. The van der Waals surface area contributed by atoms with Crippen LogP contribution in [-0.4, -0.2) is 26.9 Å². The maximum absolute atomic E-state index is 12.0. The molecule has 1 aliphatic rings. The van der Waals surface area contributed by atoms with E-state index in [0.29, 0.717) is 12.7 Å². The molecule has 0 radical (unpaired) electrons. The highest BCUT2D eigenvalue weighted by molar-refractivity contribution is 5.91. The van der Waals surface area contributed by atoms with E-state index in [1.54, 1.807) is 14.2 Å². The molecular weight excluding hydrogens is 371 g/mol. The number of halogens is 3. The van der Waals surface area contributed by atoms with Gasteiger partial charge >= 0.3 is 0 Å². The summed E-state index contributed by atoms with van der Waals surface area (Å²) in [7, 11) is 3.28. The van der Waals surface area contributed by atoms with E-state index in [-0.39, 0.29) is 6.04 Å². The van der Waals surface area contributed by atoms with Crippen LogP contribution in [0.3, 0.4) is 0 Å². The molecule has 4 nitrogen and oxygen atoms in total. The van der Waals surface area contributed by atoms with Gasteiger partial charge in [0.1, 0.15) is 18.2 Å². The van der Waals surface area contributed by atoms with Crippen LogP contribution in [0.1, 0.15) is 5.56 Å². The first kappa shape index (κ1) is 19.8. The van der Waals surface area contributed by atoms with Crippen LogP contribution in [0.25, 0.3) is 10.8 Å². The van der Waals surface area contributed by atoms with Crippen molar-refractivity contribution in [3.05, 3.63) is 65.5 Å². The average molecular weight is 391 g/mol. The van der Waals surface area contributed by atoms with E-state index in [4.69, 9.17) is 19.9 Å². The van der Waals surface area contributed by atoms with Gasteiger partial charge in [-0.05, 0) is 47.5 Å². The lowest BCUT2D eigenvalue weighted by Crippen LogP contribution is -2.33. The van der Waals surface area contributed by atoms with Crippen LogP contribution in [0.5, 0.6) is 17.2 Å². The minimum absolute atomic E-state index is 0.0474. The van der Waals surface area contributed by atoms with Gasteiger partial charge < -0.3 is 19.9 Å². The van der Waals surface area contributed by atoms with Gasteiger partial charge in [0.2, 0.25) is 0 Å². The Balaban J connectivity index is 0.000000211. The molecule has 1 unspecified atom stereocenters. The molecule has 0 aromatic heterocycles. The van der Waals surface area contributed by atoms with Crippen LogP contribution in [0.2, 0.25) is 0 Å². The Kier molecular flexibility index (Phi) is 5.94. The van der Waals surface area contributed by atoms with Crippen LogP contribution in [-0.2, 0) is 6.42 Å². The Bertz CT molecular complexity index is 994. The number of fused-ring (bicyclic) bond motifs is 3. The third-order valence-electron chi connectivity index (χ3n) is 4.39. The summed E-state index contributed by atoms with van der Waals surface area (Å²) < 4.78 is 52.2. The van der Waals surface area contributed by atoms with Gasteiger partial charge in [0, 0.05) is 17.7 Å². The lowest BCUT2D eigenvalue weighted by Gasteiger charge is -2.24. The predicted octanol–water partition coefficient (Wildman–Crippen LogP) is 4.22. The number of hydrogen-bond acceptors (Lipinski definition) is 4. The molecule has 0 saturated carbocycles. The second kappa shape index (κ2) is 8.39. The molecule has 28 heavy (non-hydrogen) atoms. The summed E-state index contributed by atoms with van der Waals surface area (Å²) in [5, 5.41) is 2.22. The third-order valence-corrected chi connectivity index (χ3v) is 4.39. The standard InChI is InChI=1S/C15H17NO3.C6H3F3/c1-17-14-5-9-3-4-13-12(6-10(16)8-19-13)11(9)7-15(14)18-2;7-4-1-2-5(8)6(9)3-4/h3-5,7,10H,6,8,16H2,1-2H3;1-3H. The van der Waals surface area contributed by atoms with E-state index in [1.807, 2.05) is 24.3 Å². The van der Waals surface area contributed by atoms with Gasteiger partial charge in [-0.25, -0.2) is 13.2 Å². The highest BCUT2D eigenvalue weighted by atomic mass is 19.2. The molecule has 1 heterocycles. The summed E-state index contributed by atoms with van der Waals surface area (Å²) >= 11 is 0. The molecule has 0 bridgehead atoms. The topological polar surface area (TPSA) is 53.7 Å². The van der Waals surface area contributed by atoms with E-state index in [2.05, 4.69) is 0 Å². The zero-order chi connectivity index (χ0) is 20.3. The van der Waals surface area contributed by atoms with Crippen molar-refractivity contribution in [3.63, 3.8) is 0 Å². The molecule has 0 spiro atoms. The Hall–Kier alpha value is -2.93. The molecule has 0 amide bonds. The average Bonchev–Trinajstić information content (AvgIpc) is 2.70. The summed E-state index contributed by atoms with van der Waals surface area (Å²) in [4.78, 5) is 0. The monoisotopic (exact) mass is 391 g/mol. The van der Waals surface area contributed by atoms with Crippen molar-refractivity contribution in [1.29, 1.82) is 0 Å².